The molecule has 1 heterocycles. The molecule has 1 fully saturated rings. The molecule has 0 saturated heterocycles. The van der Waals surface area contributed by atoms with Gasteiger partial charge in [0.1, 0.15) is 0 Å². The number of pyridine rings is 1. The molecule has 0 radical (unpaired) electrons. The summed E-state index contributed by atoms with van der Waals surface area (Å²) in [6, 6.07) is 6.04. The van der Waals surface area contributed by atoms with Crippen LogP contribution in [0.3, 0.4) is 0 Å². The third-order valence-corrected chi connectivity index (χ3v) is 4.89. The number of rotatable bonds is 2. The van der Waals surface area contributed by atoms with Crippen LogP contribution in [-0.2, 0) is 13.6 Å². The zero-order chi connectivity index (χ0) is 9.80. The Bertz CT molecular complexity index is 270. The molecule has 2 nitrogen and oxygen atoms in total. The van der Waals surface area contributed by atoms with Gasteiger partial charge in [0.25, 0.3) is 0 Å². The summed E-state index contributed by atoms with van der Waals surface area (Å²) in [5.41, 5.74) is 0. The Balaban J connectivity index is 2.03. The predicted octanol–water partition coefficient (Wildman–Crippen LogP) is 1.95. The van der Waals surface area contributed by atoms with Crippen molar-refractivity contribution in [3.05, 3.63) is 24.4 Å². The molecule has 1 saturated carbocycles. The Morgan fingerprint density at radius 2 is 2.00 bits per heavy atom. The van der Waals surface area contributed by atoms with Crippen LogP contribution in [0.4, 0.5) is 0 Å². The molecule has 0 spiro atoms. The van der Waals surface area contributed by atoms with E-state index in [2.05, 4.69) is 11.1 Å². The first-order valence-corrected chi connectivity index (χ1v) is 6.74. The average Bonchev–Trinajstić information content (AvgIpc) is 2.30. The fourth-order valence-corrected chi connectivity index (χ4v) is 3.73. The van der Waals surface area contributed by atoms with Gasteiger partial charge in [-0.3, -0.25) is 0 Å². The molecule has 0 bridgehead atoms. The van der Waals surface area contributed by atoms with E-state index < -0.39 is 0 Å². The van der Waals surface area contributed by atoms with Gasteiger partial charge in [-0.05, 0) is 0 Å². The van der Waals surface area contributed by atoms with Crippen molar-refractivity contribution in [3.8, 4) is 0 Å². The average molecular weight is 236 g/mol. The minimum absolute atomic E-state index is 0.271. The Hall–Kier alpha value is -0.396. The fraction of sp³-hybridized carbons (Fsp3) is 0.545. The van der Waals surface area contributed by atoms with E-state index in [0.29, 0.717) is 4.89 Å². The first-order chi connectivity index (χ1) is 6.88. The number of nitrogens with two attached hydrogens (primary N) is 1. The van der Waals surface area contributed by atoms with Gasteiger partial charge in [0.2, 0.25) is 0 Å². The van der Waals surface area contributed by atoms with Gasteiger partial charge in [0, 0.05) is 0 Å². The molecule has 0 unspecified atom stereocenters. The van der Waals surface area contributed by atoms with Crippen molar-refractivity contribution in [2.75, 3.05) is 0 Å². The fourth-order valence-electron chi connectivity index (χ4n) is 1.80. The van der Waals surface area contributed by atoms with Crippen molar-refractivity contribution < 1.29 is 13.6 Å². The maximum atomic E-state index is 6.25. The van der Waals surface area contributed by atoms with E-state index >= 15 is 0 Å². The molecule has 0 aromatic carbocycles. The minimum atomic E-state index is -0.271. The van der Waals surface area contributed by atoms with E-state index in [-0.39, 0.29) is 13.6 Å². The van der Waals surface area contributed by atoms with Crippen molar-refractivity contribution in [3.63, 3.8) is 0 Å². The molecular formula is C11H17N2Ni. The molecule has 14 heavy (non-hydrogen) atoms. The second kappa shape index (κ2) is 4.90. The molecule has 2 rings (SSSR count). The normalized spacial score (nSPS) is 19.4. The molecule has 0 atom stereocenters. The zero-order valence-corrected chi connectivity index (χ0v) is 9.25. The molecule has 2 N–H and O–H groups in total. The summed E-state index contributed by atoms with van der Waals surface area (Å²) in [5.74, 6) is 0. The first kappa shape index (κ1) is 10.1. The summed E-state index contributed by atoms with van der Waals surface area (Å²) in [6.07, 6.45) is 8.51. The molecule has 0 amide bonds. The molecule has 0 aliphatic heterocycles. The predicted molar refractivity (Wildman–Crippen MR) is 54.9 cm³/mol. The monoisotopic (exact) mass is 235 g/mol. The summed E-state index contributed by atoms with van der Waals surface area (Å²) in [6.45, 7) is 0. The van der Waals surface area contributed by atoms with Gasteiger partial charge in [-0.25, -0.2) is 0 Å². The van der Waals surface area contributed by atoms with Crippen molar-refractivity contribution >= 4 is 4.66 Å². The number of aromatic nitrogens is 1. The van der Waals surface area contributed by atoms with Gasteiger partial charge in [-0.2, -0.15) is 0 Å². The SMILES string of the molecule is [NH2][Ni]([c]1ccccn1)[CH]1CCCCC1. The van der Waals surface area contributed by atoms with Crippen LogP contribution in [0.2, 0.25) is 4.89 Å². The van der Waals surface area contributed by atoms with Crippen LogP contribution in [0.1, 0.15) is 32.1 Å². The Labute approximate surface area is 89.8 Å². The molecule has 3 heteroatoms. The molecule has 1 aliphatic carbocycles. The summed E-state index contributed by atoms with van der Waals surface area (Å²) in [4.78, 5) is 11.3. The third-order valence-electron chi connectivity index (χ3n) is 2.57. The van der Waals surface area contributed by atoms with E-state index in [1.807, 2.05) is 18.3 Å². The molecular weight excluding hydrogens is 219 g/mol. The molecule has 1 aromatic rings. The topological polar surface area (TPSA) is 38.9 Å². The van der Waals surface area contributed by atoms with E-state index in [0.717, 1.165) is 4.66 Å². The standard InChI is InChI=1S/C6H11.C5H4N.H2N.Ni/c2*1-2-4-6-5-3-1;;/h1H,2-6H2;1-4H;1H2;/q;;-1;+1. The van der Waals surface area contributed by atoms with Crippen LogP contribution in [-0.4, -0.2) is 4.98 Å². The van der Waals surface area contributed by atoms with Gasteiger partial charge < -0.3 is 0 Å². The number of hydrogen-bond acceptors (Lipinski definition) is 2. The third kappa shape index (κ3) is 2.34. The van der Waals surface area contributed by atoms with Crippen LogP contribution in [0.5, 0.6) is 0 Å². The first-order valence-electron chi connectivity index (χ1n) is 5.11. The van der Waals surface area contributed by atoms with Crippen LogP contribution < -0.4 is 9.48 Å². The van der Waals surface area contributed by atoms with Crippen LogP contribution in [0, 0.1) is 0 Å². The van der Waals surface area contributed by atoms with Crippen molar-refractivity contribution in [2.45, 2.75) is 37.0 Å². The van der Waals surface area contributed by atoms with E-state index in [4.69, 9.17) is 4.81 Å². The van der Waals surface area contributed by atoms with E-state index in [1.165, 1.54) is 32.1 Å². The number of hydrogen-bond donors (Lipinski definition) is 1. The van der Waals surface area contributed by atoms with Gasteiger partial charge in [0.05, 0.1) is 0 Å². The van der Waals surface area contributed by atoms with Crippen LogP contribution >= 0.6 is 0 Å². The van der Waals surface area contributed by atoms with E-state index in [1.54, 1.807) is 0 Å². The Morgan fingerprint density at radius 3 is 2.64 bits per heavy atom. The maximum absolute atomic E-state index is 6.25. The van der Waals surface area contributed by atoms with Gasteiger partial charge in [-0.1, -0.05) is 0 Å². The van der Waals surface area contributed by atoms with Crippen LogP contribution in [0.15, 0.2) is 24.4 Å². The molecule has 1 aliphatic rings. The van der Waals surface area contributed by atoms with Gasteiger partial charge in [-0.15, -0.1) is 0 Å². The molecule has 81 valence electrons. The number of nitrogens with zero attached hydrogens (tertiary/aromatic N) is 1. The second-order valence-electron chi connectivity index (χ2n) is 3.59. The van der Waals surface area contributed by atoms with Gasteiger partial charge in [0.15, 0.2) is 0 Å². The summed E-state index contributed by atoms with van der Waals surface area (Å²) < 4.78 is 1.10. The summed E-state index contributed by atoms with van der Waals surface area (Å²) >= 11 is -0.271. The zero-order valence-electron chi connectivity index (χ0n) is 8.26. The van der Waals surface area contributed by atoms with Crippen molar-refractivity contribution in [1.29, 1.82) is 0 Å². The summed E-state index contributed by atoms with van der Waals surface area (Å²) in [5, 5.41) is 0. The summed E-state index contributed by atoms with van der Waals surface area (Å²) in [7, 11) is 0. The Kier molecular flexibility index (Phi) is 3.55. The van der Waals surface area contributed by atoms with Crippen LogP contribution in [0.25, 0.3) is 0 Å². The van der Waals surface area contributed by atoms with Gasteiger partial charge >= 0.3 is 89.5 Å². The van der Waals surface area contributed by atoms with Crippen molar-refractivity contribution in [2.24, 2.45) is 4.81 Å². The Morgan fingerprint density at radius 1 is 1.21 bits per heavy atom. The van der Waals surface area contributed by atoms with Crippen molar-refractivity contribution in [1.82, 2.24) is 4.98 Å². The molecule has 1 aromatic heterocycles. The second-order valence-corrected chi connectivity index (χ2v) is 5.81. The van der Waals surface area contributed by atoms with E-state index in [9.17, 15) is 0 Å². The quantitative estimate of drug-likeness (QED) is 0.797.